The Balaban J connectivity index is 1.17. The molecule has 0 unspecified atom stereocenters. The van der Waals surface area contributed by atoms with Gasteiger partial charge in [0.05, 0.1) is 16.8 Å². The molecular weight excluding hydrogens is 848 g/mol. The highest BCUT2D eigenvalue weighted by Crippen LogP contribution is 2.60. The van der Waals surface area contributed by atoms with Crippen LogP contribution in [0.1, 0.15) is 90.6 Å². The van der Waals surface area contributed by atoms with Crippen molar-refractivity contribution in [2.45, 2.75) is 77.6 Å². The van der Waals surface area contributed by atoms with Crippen LogP contribution in [0.5, 0.6) is 0 Å². The topological polar surface area (TPSA) is 19.6 Å². The highest BCUT2D eigenvalue weighted by atomic mass is 16.3. The zero-order chi connectivity index (χ0) is 47.4. The number of anilines is 5. The second kappa shape index (κ2) is 14.5. The van der Waals surface area contributed by atoms with Crippen LogP contribution >= 0.6 is 0 Å². The maximum atomic E-state index is 7.22. The van der Waals surface area contributed by atoms with Crippen LogP contribution in [-0.2, 0) is 16.2 Å². The highest BCUT2D eigenvalue weighted by molar-refractivity contribution is 6.94. The minimum Gasteiger partial charge on any atom is -0.454 e. The zero-order valence-electron chi connectivity index (χ0n) is 41.1. The van der Waals surface area contributed by atoms with E-state index in [-0.39, 0.29) is 17.7 Å². The molecule has 9 aromatic carbocycles. The van der Waals surface area contributed by atoms with Crippen LogP contribution in [0.4, 0.5) is 28.4 Å². The molecule has 4 heterocycles. The molecule has 0 spiro atoms. The van der Waals surface area contributed by atoms with Gasteiger partial charge < -0.3 is 14.1 Å². The lowest BCUT2D eigenvalue weighted by Gasteiger charge is -2.52. The van der Waals surface area contributed by atoms with Crippen LogP contribution in [0.3, 0.4) is 0 Å². The van der Waals surface area contributed by atoms with Crippen LogP contribution in [0.15, 0.2) is 186 Å². The van der Waals surface area contributed by atoms with Gasteiger partial charge in [-0.05, 0) is 159 Å². The van der Waals surface area contributed by atoms with E-state index in [1.807, 2.05) is 0 Å². The molecule has 338 valence electrons. The number of furan rings is 1. The Kier molecular flexibility index (Phi) is 8.58. The van der Waals surface area contributed by atoms with Crippen LogP contribution in [0.2, 0.25) is 0 Å². The molecule has 0 bridgehead atoms. The van der Waals surface area contributed by atoms with E-state index in [2.05, 4.69) is 240 Å². The van der Waals surface area contributed by atoms with Gasteiger partial charge in [0.25, 0.3) is 0 Å². The van der Waals surface area contributed by atoms with Crippen molar-refractivity contribution in [2.75, 3.05) is 9.71 Å². The van der Waals surface area contributed by atoms with Crippen molar-refractivity contribution in [1.82, 2.24) is 0 Å². The lowest BCUT2D eigenvalue weighted by atomic mass is 9.42. The molecule has 1 aromatic heterocycles. The Morgan fingerprint density at radius 1 is 0.500 bits per heavy atom. The first-order valence-electron chi connectivity index (χ1n) is 25.2. The summed E-state index contributed by atoms with van der Waals surface area (Å²) in [5, 5.41) is 2.27. The second-order valence-corrected chi connectivity index (χ2v) is 22.0. The lowest BCUT2D eigenvalue weighted by molar-refractivity contribution is 0.332. The van der Waals surface area contributed by atoms with E-state index >= 15 is 0 Å². The number of rotatable bonds is 4. The molecule has 0 amide bonds. The summed E-state index contributed by atoms with van der Waals surface area (Å²) in [5.41, 5.74) is 26.7. The van der Waals surface area contributed by atoms with Gasteiger partial charge >= 0.3 is 6.85 Å². The number of hydrogen-bond donors (Lipinski definition) is 0. The molecule has 10 aromatic rings. The largest absolute Gasteiger partial charge is 0.454 e. The van der Waals surface area contributed by atoms with Gasteiger partial charge in [-0.2, -0.15) is 0 Å². The summed E-state index contributed by atoms with van der Waals surface area (Å²) >= 11 is 0. The molecule has 0 fully saturated rings. The van der Waals surface area contributed by atoms with Gasteiger partial charge in [-0.3, -0.25) is 0 Å². The molecule has 3 nitrogen and oxygen atoms in total. The first kappa shape index (κ1) is 41.4. The molecule has 0 saturated carbocycles. The summed E-state index contributed by atoms with van der Waals surface area (Å²) in [6.07, 6.45) is 2.30. The van der Waals surface area contributed by atoms with E-state index in [4.69, 9.17) is 4.42 Å². The molecule has 14 rings (SSSR count). The molecule has 0 N–H and O–H groups in total. The van der Waals surface area contributed by atoms with Crippen LogP contribution in [0, 0.1) is 20.8 Å². The molecule has 3 aliphatic heterocycles. The Labute approximate surface area is 412 Å². The summed E-state index contributed by atoms with van der Waals surface area (Å²) in [4.78, 5) is 5.36. The smallest absolute Gasteiger partial charge is 0.333 e. The molecular formula is C66H55BN2O. The van der Waals surface area contributed by atoms with E-state index < -0.39 is 5.41 Å². The van der Waals surface area contributed by atoms with Crippen molar-refractivity contribution >= 4 is 68.1 Å². The fraction of sp³-hybridized carbons (Fsp3) is 0.182. The molecule has 1 aliphatic carbocycles. The van der Waals surface area contributed by atoms with E-state index in [1.54, 1.807) is 0 Å². The third kappa shape index (κ3) is 5.48. The average molecular weight is 903 g/mol. The third-order valence-corrected chi connectivity index (χ3v) is 17.0. The quantitative estimate of drug-likeness (QED) is 0.164. The van der Waals surface area contributed by atoms with Gasteiger partial charge in [0.15, 0.2) is 5.58 Å². The molecule has 0 saturated heterocycles. The summed E-state index contributed by atoms with van der Waals surface area (Å²) in [6, 6.07) is 69.4. The van der Waals surface area contributed by atoms with Crippen LogP contribution in [-0.4, -0.2) is 6.85 Å². The summed E-state index contributed by atoms with van der Waals surface area (Å²) < 4.78 is 7.22. The minimum absolute atomic E-state index is 0.0105. The molecule has 70 heavy (non-hydrogen) atoms. The van der Waals surface area contributed by atoms with Crippen LogP contribution < -0.4 is 20.6 Å². The first-order chi connectivity index (χ1) is 34.0. The summed E-state index contributed by atoms with van der Waals surface area (Å²) in [7, 11) is 0. The highest BCUT2D eigenvalue weighted by Gasteiger charge is 2.53. The summed E-state index contributed by atoms with van der Waals surface area (Å²) in [6.45, 7) is 16.3. The van der Waals surface area contributed by atoms with Crippen molar-refractivity contribution < 1.29 is 4.42 Å². The minimum atomic E-state index is -0.617. The van der Waals surface area contributed by atoms with Gasteiger partial charge in [-0.25, -0.2) is 0 Å². The van der Waals surface area contributed by atoms with Crippen molar-refractivity contribution in [3.63, 3.8) is 0 Å². The fourth-order valence-electron chi connectivity index (χ4n) is 13.9. The normalized spacial score (nSPS) is 16.4. The number of para-hydroxylation sites is 3. The number of hydrogen-bond acceptors (Lipinski definition) is 3. The van der Waals surface area contributed by atoms with Crippen molar-refractivity contribution in [1.29, 1.82) is 0 Å². The number of aryl methyl sites for hydroxylation is 3. The predicted molar refractivity (Wildman–Crippen MR) is 294 cm³/mol. The SMILES string of the molecule is Cc1cc(C)c(-c2cc3c4c(c2)N2c5ccccc5C(c5ccccc5)(c5ccccc5)c5cccc(c52)B4N(c2ccc4c(c2)C(C)(C)CCC4(C)C)c2c-3ccc3c2oc2ccccc23)c(C)c1. The number of fused-ring (bicyclic) bond motifs is 11. The molecule has 0 atom stereocenters. The average Bonchev–Trinajstić information content (AvgIpc) is 3.76. The Morgan fingerprint density at radius 2 is 1.16 bits per heavy atom. The van der Waals surface area contributed by atoms with Crippen molar-refractivity contribution in [3.8, 4) is 22.3 Å². The van der Waals surface area contributed by atoms with Crippen LogP contribution in [0.25, 0.3) is 44.2 Å². The molecule has 4 aliphatic rings. The lowest BCUT2D eigenvalue weighted by Crippen LogP contribution is -2.62. The third-order valence-electron chi connectivity index (χ3n) is 17.0. The van der Waals surface area contributed by atoms with Gasteiger partial charge in [-0.15, -0.1) is 0 Å². The van der Waals surface area contributed by atoms with E-state index in [0.29, 0.717) is 0 Å². The maximum Gasteiger partial charge on any atom is 0.333 e. The monoisotopic (exact) mass is 902 g/mol. The van der Waals surface area contributed by atoms with Gasteiger partial charge in [0, 0.05) is 33.4 Å². The summed E-state index contributed by atoms with van der Waals surface area (Å²) in [5.74, 6) is 0. The zero-order valence-corrected chi connectivity index (χ0v) is 41.1. The van der Waals surface area contributed by atoms with Gasteiger partial charge in [0.1, 0.15) is 5.58 Å². The second-order valence-electron chi connectivity index (χ2n) is 22.0. The Bertz CT molecular complexity index is 3780. The first-order valence-corrected chi connectivity index (χ1v) is 25.2. The maximum absolute atomic E-state index is 7.22. The van der Waals surface area contributed by atoms with Gasteiger partial charge in [-0.1, -0.05) is 173 Å². The fourth-order valence-corrected chi connectivity index (χ4v) is 13.9. The van der Waals surface area contributed by atoms with Crippen molar-refractivity contribution in [2.24, 2.45) is 0 Å². The van der Waals surface area contributed by atoms with E-state index in [9.17, 15) is 0 Å². The van der Waals surface area contributed by atoms with E-state index in [0.717, 1.165) is 40.5 Å². The Morgan fingerprint density at radius 3 is 1.90 bits per heavy atom. The Hall–Kier alpha value is -7.56. The van der Waals surface area contributed by atoms with Crippen molar-refractivity contribution in [3.05, 3.63) is 232 Å². The number of nitrogens with zero attached hydrogens (tertiary/aromatic N) is 2. The molecule has 4 heteroatoms. The standard InChI is InChI=1S/C66H55BN2O/c1-40-35-41(2)59(42(3)36-40)43-37-50-48-30-31-49-47-23-14-17-28-58(47)70-63(49)61(48)69(46-29-32-51-54(39-46)65(6,7)34-33-64(51,4)5)67-55-26-18-25-53-62(55)68(57(38-43)60(50)67)56-27-16-15-24-52(56)66(53,44-19-10-8-11-20-44)45-21-12-9-13-22-45/h8-32,35-39H,33-34H2,1-7H3. The van der Waals surface area contributed by atoms with E-state index in [1.165, 1.54) is 106 Å². The van der Waals surface area contributed by atoms with Gasteiger partial charge in [0.2, 0.25) is 0 Å². The predicted octanol–water partition coefficient (Wildman–Crippen LogP) is 15.9. The number of benzene rings is 9. The molecule has 0 radical (unpaired) electrons.